The predicted octanol–water partition coefficient (Wildman–Crippen LogP) is 0.986. The quantitative estimate of drug-likeness (QED) is 0.318. The number of hydrogen-bond acceptors (Lipinski definition) is 8. The summed E-state index contributed by atoms with van der Waals surface area (Å²) in [5, 5.41) is 29.2. The van der Waals surface area contributed by atoms with Gasteiger partial charge in [-0.05, 0) is 24.8 Å². The van der Waals surface area contributed by atoms with Crippen molar-refractivity contribution >= 4 is 35.6 Å². The van der Waals surface area contributed by atoms with Crippen LogP contribution in [0.5, 0.6) is 11.5 Å². The number of phenols is 1. The molecule has 0 bridgehead atoms. The summed E-state index contributed by atoms with van der Waals surface area (Å²) in [5.41, 5.74) is 1.03. The Labute approximate surface area is 222 Å². The SMILES string of the molecule is COc1ccc([C@H]2C3=CC[C@@H]4C(=O)N(CCC(=O)O)C(=O)[C@@H]4[C@@H]3C[C@H]3C(=O)N(CCC(=O)O)C(=O)[C@@H]23)c(O)c1. The zero-order valence-corrected chi connectivity index (χ0v) is 21.1. The number of phenolic OH excluding ortho intramolecular Hbond substituents is 1. The highest BCUT2D eigenvalue weighted by Crippen LogP contribution is 2.58. The summed E-state index contributed by atoms with van der Waals surface area (Å²) in [6.07, 6.45) is 1.30. The average Bonchev–Trinajstić information content (AvgIpc) is 3.28. The second-order valence-electron chi connectivity index (χ2n) is 10.4. The Balaban J connectivity index is 1.57. The Morgan fingerprint density at radius 3 is 2.03 bits per heavy atom. The van der Waals surface area contributed by atoms with Gasteiger partial charge in [0.05, 0.1) is 43.6 Å². The number of benzene rings is 1. The molecule has 0 spiro atoms. The molecule has 4 aliphatic rings. The molecular weight excluding hydrogens is 512 g/mol. The van der Waals surface area contributed by atoms with Crippen LogP contribution in [0.25, 0.3) is 0 Å². The van der Waals surface area contributed by atoms with Crippen LogP contribution in [0.4, 0.5) is 0 Å². The number of likely N-dealkylation sites (tertiary alicyclic amines) is 2. The first-order valence-corrected chi connectivity index (χ1v) is 12.8. The van der Waals surface area contributed by atoms with E-state index in [0.29, 0.717) is 16.9 Å². The van der Waals surface area contributed by atoms with Gasteiger partial charge in [0.25, 0.3) is 0 Å². The lowest BCUT2D eigenvalue weighted by Gasteiger charge is -2.44. The lowest BCUT2D eigenvalue weighted by molar-refractivity contribution is -0.145. The van der Waals surface area contributed by atoms with Crippen molar-refractivity contribution in [3.63, 3.8) is 0 Å². The van der Waals surface area contributed by atoms with Crippen LogP contribution in [0.3, 0.4) is 0 Å². The van der Waals surface area contributed by atoms with Crippen LogP contribution in [0.1, 0.15) is 37.2 Å². The van der Waals surface area contributed by atoms with Crippen molar-refractivity contribution in [2.24, 2.45) is 29.6 Å². The van der Waals surface area contributed by atoms with Crippen molar-refractivity contribution in [2.45, 2.75) is 31.6 Å². The van der Waals surface area contributed by atoms with E-state index in [0.717, 1.165) is 9.80 Å². The van der Waals surface area contributed by atoms with Crippen LogP contribution < -0.4 is 4.74 Å². The van der Waals surface area contributed by atoms with Gasteiger partial charge in [0.2, 0.25) is 23.6 Å². The molecule has 39 heavy (non-hydrogen) atoms. The van der Waals surface area contributed by atoms with Gasteiger partial charge in [0.15, 0.2) is 0 Å². The number of fused-ring (bicyclic) bond motifs is 4. The van der Waals surface area contributed by atoms with Gasteiger partial charge in [-0.1, -0.05) is 17.7 Å². The van der Waals surface area contributed by atoms with Crippen molar-refractivity contribution in [1.82, 2.24) is 9.80 Å². The van der Waals surface area contributed by atoms with Gasteiger partial charge in [-0.15, -0.1) is 0 Å². The molecule has 12 nitrogen and oxygen atoms in total. The Hall–Kier alpha value is -4.22. The highest BCUT2D eigenvalue weighted by atomic mass is 16.5. The second kappa shape index (κ2) is 9.83. The molecule has 0 unspecified atom stereocenters. The van der Waals surface area contributed by atoms with Gasteiger partial charge >= 0.3 is 11.9 Å². The summed E-state index contributed by atoms with van der Waals surface area (Å²) in [6, 6.07) is 4.60. The number of aliphatic carboxylic acids is 2. The first-order chi connectivity index (χ1) is 18.5. The average molecular weight is 541 g/mol. The fourth-order valence-electron chi connectivity index (χ4n) is 6.84. The highest BCUT2D eigenvalue weighted by molar-refractivity contribution is 6.08. The molecule has 2 saturated heterocycles. The summed E-state index contributed by atoms with van der Waals surface area (Å²) in [4.78, 5) is 77.9. The highest BCUT2D eigenvalue weighted by Gasteiger charge is 2.62. The minimum Gasteiger partial charge on any atom is -0.508 e. The number of aromatic hydroxyl groups is 1. The number of allylic oxidation sites excluding steroid dienone is 2. The Morgan fingerprint density at radius 1 is 0.872 bits per heavy atom. The maximum atomic E-state index is 13.6. The molecule has 1 aromatic rings. The van der Waals surface area contributed by atoms with E-state index in [9.17, 15) is 33.9 Å². The molecule has 1 aromatic carbocycles. The van der Waals surface area contributed by atoms with E-state index in [2.05, 4.69) is 0 Å². The minimum absolute atomic E-state index is 0.102. The van der Waals surface area contributed by atoms with E-state index in [1.165, 1.54) is 13.2 Å². The van der Waals surface area contributed by atoms with Crippen molar-refractivity contribution < 1.29 is 48.8 Å². The third-order valence-electron chi connectivity index (χ3n) is 8.50. The van der Waals surface area contributed by atoms with Gasteiger partial charge in [0, 0.05) is 30.6 Å². The van der Waals surface area contributed by atoms with Gasteiger partial charge in [-0.2, -0.15) is 0 Å². The van der Waals surface area contributed by atoms with Crippen molar-refractivity contribution in [3.8, 4) is 11.5 Å². The number of ether oxygens (including phenoxy) is 1. The van der Waals surface area contributed by atoms with Crippen LogP contribution >= 0.6 is 0 Å². The van der Waals surface area contributed by atoms with Crippen LogP contribution in [0.15, 0.2) is 29.8 Å². The molecule has 206 valence electrons. The number of nitrogens with zero attached hydrogens (tertiary/aromatic N) is 2. The van der Waals surface area contributed by atoms with Crippen molar-refractivity contribution in [2.75, 3.05) is 20.2 Å². The van der Waals surface area contributed by atoms with Crippen LogP contribution in [0, 0.1) is 29.6 Å². The number of carbonyl (C=O) groups excluding carboxylic acids is 4. The van der Waals surface area contributed by atoms with E-state index >= 15 is 0 Å². The molecule has 6 atom stereocenters. The summed E-state index contributed by atoms with van der Waals surface area (Å²) in [6.45, 7) is -0.547. The first-order valence-electron chi connectivity index (χ1n) is 12.8. The molecule has 4 amide bonds. The molecule has 2 aliphatic heterocycles. The van der Waals surface area contributed by atoms with Crippen LogP contribution in [-0.2, 0) is 28.8 Å². The Kier molecular flexibility index (Phi) is 6.65. The second-order valence-corrected chi connectivity index (χ2v) is 10.4. The number of amides is 4. The molecule has 5 rings (SSSR count). The summed E-state index contributed by atoms with van der Waals surface area (Å²) in [7, 11) is 1.43. The minimum atomic E-state index is -1.16. The molecule has 0 aromatic heterocycles. The van der Waals surface area contributed by atoms with Gasteiger partial charge in [-0.25, -0.2) is 0 Å². The molecule has 3 fully saturated rings. The number of hydrogen-bond donors (Lipinski definition) is 3. The monoisotopic (exact) mass is 540 g/mol. The molecule has 3 N–H and O–H groups in total. The number of carboxylic acids is 2. The maximum absolute atomic E-state index is 13.6. The van der Waals surface area contributed by atoms with Gasteiger partial charge in [0.1, 0.15) is 11.5 Å². The standard InChI is InChI=1S/C27H28N2O10/c1-39-12-2-3-14(18(30)10-12)21-13-4-5-15-22(26(37)28(24(15)35)8-6-19(31)32)16(13)11-17-23(21)27(38)29(25(17)36)9-7-20(33)34/h2-4,10,15-17,21-23,30H,5-9,11H2,1H3,(H,31,32)(H,33,34)/t15-,16+,17+,21+,22-,23+/m0/s1. The zero-order chi connectivity index (χ0) is 28.2. The third kappa shape index (κ3) is 4.23. The topological polar surface area (TPSA) is 179 Å². The lowest BCUT2D eigenvalue weighted by Crippen LogP contribution is -2.43. The normalized spacial score (nSPS) is 29.6. The summed E-state index contributed by atoms with van der Waals surface area (Å²) >= 11 is 0. The molecule has 2 heterocycles. The third-order valence-corrected chi connectivity index (χ3v) is 8.50. The van der Waals surface area contributed by atoms with Gasteiger partial charge < -0.3 is 20.1 Å². The Morgan fingerprint density at radius 2 is 1.46 bits per heavy atom. The number of carboxylic acid groups (broad SMARTS) is 2. The van der Waals surface area contributed by atoms with E-state index in [1.54, 1.807) is 18.2 Å². The van der Waals surface area contributed by atoms with E-state index < -0.39 is 77.5 Å². The first kappa shape index (κ1) is 26.4. The largest absolute Gasteiger partial charge is 0.508 e. The van der Waals surface area contributed by atoms with Crippen LogP contribution in [-0.4, -0.2) is 80.9 Å². The van der Waals surface area contributed by atoms with Crippen LogP contribution in [0.2, 0.25) is 0 Å². The smallest absolute Gasteiger partial charge is 0.305 e. The lowest BCUT2D eigenvalue weighted by atomic mass is 9.57. The molecule has 0 radical (unpaired) electrons. The predicted molar refractivity (Wildman–Crippen MR) is 130 cm³/mol. The van der Waals surface area contributed by atoms with E-state index in [-0.39, 0.29) is 38.1 Å². The van der Waals surface area contributed by atoms with Crippen molar-refractivity contribution in [1.29, 1.82) is 0 Å². The fourth-order valence-corrected chi connectivity index (χ4v) is 6.84. The molecule has 2 aliphatic carbocycles. The maximum Gasteiger partial charge on any atom is 0.305 e. The number of methoxy groups -OCH3 is 1. The summed E-state index contributed by atoms with van der Waals surface area (Å²) in [5.74, 6) is -8.85. The number of imide groups is 2. The number of carbonyl (C=O) groups is 6. The zero-order valence-electron chi connectivity index (χ0n) is 21.1. The van der Waals surface area contributed by atoms with Crippen molar-refractivity contribution in [3.05, 3.63) is 35.4 Å². The van der Waals surface area contributed by atoms with E-state index in [4.69, 9.17) is 14.9 Å². The molecular formula is C27H28N2O10. The number of rotatable bonds is 8. The van der Waals surface area contributed by atoms with Gasteiger partial charge in [-0.3, -0.25) is 38.6 Å². The summed E-state index contributed by atoms with van der Waals surface area (Å²) < 4.78 is 5.19. The van der Waals surface area contributed by atoms with E-state index in [1.807, 2.05) is 0 Å². The molecule has 12 heteroatoms. The Bertz CT molecular complexity index is 1320. The fraction of sp³-hybridized carbons (Fsp3) is 0.481. The molecule has 1 saturated carbocycles.